The molecule has 3 N–H and O–H groups in total. The van der Waals surface area contributed by atoms with Crippen LogP contribution in [0.3, 0.4) is 0 Å². The van der Waals surface area contributed by atoms with Crippen LogP contribution in [0.1, 0.15) is 34.1 Å². The number of aliphatic hydroxyl groups is 2. The Hall–Kier alpha value is -1.85. The zero-order valence-corrected chi connectivity index (χ0v) is 17.8. The van der Waals surface area contributed by atoms with E-state index in [1.165, 1.54) is 12.2 Å². The van der Waals surface area contributed by atoms with Gasteiger partial charge in [-0.15, -0.1) is 0 Å². The third kappa shape index (κ3) is 26.1. The van der Waals surface area contributed by atoms with E-state index in [9.17, 15) is 14.4 Å². The molecular weight excluding hydrogens is 386 g/mol. The summed E-state index contributed by atoms with van der Waals surface area (Å²) in [5.41, 5.74) is -0.326. The van der Waals surface area contributed by atoms with Crippen molar-refractivity contribution >= 4 is 17.8 Å². The van der Waals surface area contributed by atoms with Crippen molar-refractivity contribution in [3.63, 3.8) is 0 Å². The lowest BCUT2D eigenvalue weighted by atomic mass is 10.2. The largest absolute Gasteiger partial charge is 0.460 e. The van der Waals surface area contributed by atoms with Crippen molar-refractivity contribution in [2.45, 2.75) is 39.7 Å². The second kappa shape index (κ2) is 19.5. The molecule has 0 saturated heterocycles. The second-order valence-electron chi connectivity index (χ2n) is 6.41. The smallest absolute Gasteiger partial charge is 0.306 e. The number of amides is 2. The molecule has 170 valence electrons. The van der Waals surface area contributed by atoms with Gasteiger partial charge < -0.3 is 29.2 Å². The van der Waals surface area contributed by atoms with Gasteiger partial charge in [0, 0.05) is 18.6 Å². The van der Waals surface area contributed by atoms with Crippen LogP contribution in [0, 0.1) is 0 Å². The van der Waals surface area contributed by atoms with E-state index in [4.69, 9.17) is 29.2 Å². The number of hydrogen-bond donors (Lipinski definition) is 3. The molecule has 1 rings (SSSR count). The molecule has 0 fully saturated rings. The maximum Gasteiger partial charge on any atom is 0.306 e. The van der Waals surface area contributed by atoms with Crippen LogP contribution >= 0.6 is 0 Å². The first-order chi connectivity index (χ1) is 13.7. The summed E-state index contributed by atoms with van der Waals surface area (Å²) in [7, 11) is 0. The summed E-state index contributed by atoms with van der Waals surface area (Å²) in [4.78, 5) is 30.7. The number of ether oxygens (including phenoxy) is 4. The Morgan fingerprint density at radius 3 is 1.45 bits per heavy atom. The van der Waals surface area contributed by atoms with E-state index in [-0.39, 0.29) is 36.6 Å². The summed E-state index contributed by atoms with van der Waals surface area (Å²) in [6.07, 6.45) is 2.85. The summed E-state index contributed by atoms with van der Waals surface area (Å²) < 4.78 is 20.0. The fourth-order valence-electron chi connectivity index (χ4n) is 1.44. The molecule has 1 aliphatic heterocycles. The summed E-state index contributed by atoms with van der Waals surface area (Å²) >= 11 is 0. The van der Waals surface area contributed by atoms with Crippen molar-refractivity contribution in [3.8, 4) is 0 Å². The second-order valence-corrected chi connectivity index (χ2v) is 6.41. The van der Waals surface area contributed by atoms with Crippen LogP contribution in [-0.4, -0.2) is 86.5 Å². The quantitative estimate of drug-likeness (QED) is 0.238. The summed E-state index contributed by atoms with van der Waals surface area (Å²) in [6, 6.07) is 0. The molecule has 1 aliphatic rings. The average Bonchev–Trinajstić information content (AvgIpc) is 3.03. The normalized spacial score (nSPS) is 12.5. The summed E-state index contributed by atoms with van der Waals surface area (Å²) in [6.45, 7) is 10.1. The number of nitrogens with one attached hydrogen (secondary N) is 1. The standard InChI is InChI=1S/C8H18O5.C7H14O2.C4H3NO2/c9-1-3-11-5-7-13-8-6-12-4-2-10;1-5-6(8)9-7(2,3)4;6-3-1-2-4(7)5-3/h9-10H,1-8H2;5H2,1-4H3;1-2H,(H,5,6,7). The molecule has 0 aromatic rings. The van der Waals surface area contributed by atoms with Crippen LogP contribution in [0.15, 0.2) is 12.2 Å². The van der Waals surface area contributed by atoms with Crippen LogP contribution in [0.5, 0.6) is 0 Å². The number of carbonyl (C=O) groups is 3. The molecule has 10 heteroatoms. The minimum Gasteiger partial charge on any atom is -0.460 e. The van der Waals surface area contributed by atoms with Crippen molar-refractivity contribution in [3.05, 3.63) is 12.2 Å². The maximum absolute atomic E-state index is 10.6. The number of hydrogen-bond acceptors (Lipinski definition) is 9. The molecule has 0 aromatic heterocycles. The van der Waals surface area contributed by atoms with Gasteiger partial charge in [-0.25, -0.2) is 0 Å². The van der Waals surface area contributed by atoms with Crippen molar-refractivity contribution in [1.29, 1.82) is 0 Å². The number of aliphatic hydroxyl groups excluding tert-OH is 2. The van der Waals surface area contributed by atoms with Gasteiger partial charge in [-0.3, -0.25) is 19.7 Å². The van der Waals surface area contributed by atoms with Gasteiger partial charge in [0.15, 0.2) is 0 Å². The van der Waals surface area contributed by atoms with Crippen molar-refractivity contribution in [1.82, 2.24) is 5.32 Å². The Morgan fingerprint density at radius 2 is 1.24 bits per heavy atom. The number of rotatable bonds is 11. The van der Waals surface area contributed by atoms with Crippen LogP contribution in [-0.2, 0) is 33.3 Å². The lowest BCUT2D eigenvalue weighted by Crippen LogP contribution is -2.23. The van der Waals surface area contributed by atoms with Crippen LogP contribution in [0.25, 0.3) is 0 Å². The minimum atomic E-state index is -0.329. The molecule has 29 heavy (non-hydrogen) atoms. The molecule has 0 unspecified atom stereocenters. The van der Waals surface area contributed by atoms with E-state index in [1.54, 1.807) is 6.92 Å². The highest BCUT2D eigenvalue weighted by atomic mass is 16.6. The third-order valence-corrected chi connectivity index (χ3v) is 2.56. The molecule has 0 spiro atoms. The maximum atomic E-state index is 10.6. The molecule has 1 heterocycles. The third-order valence-electron chi connectivity index (χ3n) is 2.56. The number of esters is 1. The van der Waals surface area contributed by atoms with Gasteiger partial charge in [-0.05, 0) is 20.8 Å². The minimum absolute atomic E-state index is 0.0413. The lowest BCUT2D eigenvalue weighted by molar-refractivity contribution is -0.154. The van der Waals surface area contributed by atoms with Gasteiger partial charge in [-0.2, -0.15) is 0 Å². The van der Waals surface area contributed by atoms with Gasteiger partial charge >= 0.3 is 5.97 Å². The van der Waals surface area contributed by atoms with Gasteiger partial charge in [0.05, 0.1) is 52.9 Å². The molecule has 0 atom stereocenters. The van der Waals surface area contributed by atoms with Crippen LogP contribution in [0.2, 0.25) is 0 Å². The Labute approximate surface area is 172 Å². The highest BCUT2D eigenvalue weighted by molar-refractivity contribution is 6.12. The fraction of sp³-hybridized carbons (Fsp3) is 0.737. The lowest BCUT2D eigenvalue weighted by Gasteiger charge is -2.18. The molecule has 0 bridgehead atoms. The zero-order chi connectivity index (χ0) is 22.5. The molecule has 10 nitrogen and oxygen atoms in total. The van der Waals surface area contributed by atoms with Gasteiger partial charge in [0.2, 0.25) is 0 Å². The Morgan fingerprint density at radius 1 is 0.862 bits per heavy atom. The molecular formula is C19H35NO9. The van der Waals surface area contributed by atoms with Crippen molar-refractivity contribution in [2.24, 2.45) is 0 Å². The summed E-state index contributed by atoms with van der Waals surface area (Å²) in [5.74, 6) is -0.794. The summed E-state index contributed by atoms with van der Waals surface area (Å²) in [5, 5.41) is 18.7. The Kier molecular flexibility index (Phi) is 19.7. The molecule has 0 saturated carbocycles. The monoisotopic (exact) mass is 421 g/mol. The van der Waals surface area contributed by atoms with E-state index >= 15 is 0 Å². The highest BCUT2D eigenvalue weighted by Crippen LogP contribution is 2.07. The Balaban J connectivity index is 0. The molecule has 2 amide bonds. The van der Waals surface area contributed by atoms with Crippen molar-refractivity contribution < 1.29 is 43.5 Å². The van der Waals surface area contributed by atoms with E-state index in [1.807, 2.05) is 26.1 Å². The van der Waals surface area contributed by atoms with Crippen molar-refractivity contribution in [2.75, 3.05) is 52.9 Å². The Bertz CT molecular complexity index is 447. The van der Waals surface area contributed by atoms with E-state index in [2.05, 4.69) is 0 Å². The predicted molar refractivity (Wildman–Crippen MR) is 105 cm³/mol. The highest BCUT2D eigenvalue weighted by Gasteiger charge is 2.13. The van der Waals surface area contributed by atoms with Gasteiger partial charge in [0.25, 0.3) is 11.8 Å². The van der Waals surface area contributed by atoms with Gasteiger partial charge in [0.1, 0.15) is 5.60 Å². The first-order valence-electron chi connectivity index (χ1n) is 9.36. The first-order valence-corrected chi connectivity index (χ1v) is 9.36. The topological polar surface area (TPSA) is 141 Å². The first kappa shape index (κ1) is 29.4. The average molecular weight is 421 g/mol. The fourth-order valence-corrected chi connectivity index (χ4v) is 1.44. The number of imide groups is 1. The number of carbonyl (C=O) groups excluding carboxylic acids is 3. The zero-order valence-electron chi connectivity index (χ0n) is 17.8. The van der Waals surface area contributed by atoms with Crippen LogP contribution < -0.4 is 5.32 Å². The molecule has 0 radical (unpaired) electrons. The van der Waals surface area contributed by atoms with E-state index in [0.717, 1.165) is 0 Å². The molecule has 0 aromatic carbocycles. The van der Waals surface area contributed by atoms with E-state index in [0.29, 0.717) is 46.1 Å². The predicted octanol–water partition coefficient (Wildman–Crippen LogP) is -0.0421. The van der Waals surface area contributed by atoms with E-state index < -0.39 is 0 Å². The SMILES string of the molecule is CCC(=O)OC(C)(C)C.O=C1C=CC(=O)N1.OCCOCCOCCOCCO. The van der Waals surface area contributed by atoms with Gasteiger partial charge in [-0.1, -0.05) is 6.92 Å². The molecule has 0 aliphatic carbocycles. The van der Waals surface area contributed by atoms with Crippen LogP contribution in [0.4, 0.5) is 0 Å².